The highest BCUT2D eigenvalue weighted by atomic mass is 32.1. The summed E-state index contributed by atoms with van der Waals surface area (Å²) in [4.78, 5) is 6.33. The van der Waals surface area contributed by atoms with E-state index in [0.717, 1.165) is 36.5 Å². The number of nitrogens with two attached hydrogens (primary N) is 1. The lowest BCUT2D eigenvalue weighted by Gasteiger charge is -2.18. The number of hydrogen-bond acceptors (Lipinski definition) is 6. The van der Waals surface area contributed by atoms with Crippen LogP contribution in [0.3, 0.4) is 0 Å². The summed E-state index contributed by atoms with van der Waals surface area (Å²) in [5, 5.41) is 13.0. The summed E-state index contributed by atoms with van der Waals surface area (Å²) < 4.78 is 11.7. The van der Waals surface area contributed by atoms with Gasteiger partial charge in [-0.3, -0.25) is 0 Å². The predicted molar refractivity (Wildman–Crippen MR) is 142 cm³/mol. The highest BCUT2D eigenvalue weighted by molar-refractivity contribution is 7.12. The Morgan fingerprint density at radius 2 is 1.54 bits per heavy atom. The summed E-state index contributed by atoms with van der Waals surface area (Å²) in [6.07, 6.45) is 9.58. The van der Waals surface area contributed by atoms with E-state index in [2.05, 4.69) is 36.3 Å². The number of rotatable bonds is 11. The maximum atomic E-state index is 8.71. The number of nitrogens with zero attached hydrogens (tertiary/aromatic N) is 2. The average molecular weight is 494 g/mol. The summed E-state index contributed by atoms with van der Waals surface area (Å²) in [5.41, 5.74) is 8.53. The van der Waals surface area contributed by atoms with Crippen LogP contribution in [0, 0.1) is 6.92 Å². The minimum atomic E-state index is 0.0910. The Morgan fingerprint density at radius 1 is 0.943 bits per heavy atom. The standard InChI is InChI=1S/C28H35N3O3S/c1-20-26(30-28(35-20)23-8-4-2-5-9-23)21-10-14-24(15-11-21)33-18-6-3-7-19-34-25-16-12-22(13-17-25)27(29)31-32/h10-17,23,32H,2-9,18-19H2,1H3,(H2,29,31). The van der Waals surface area contributed by atoms with E-state index in [-0.39, 0.29) is 5.84 Å². The van der Waals surface area contributed by atoms with Crippen molar-refractivity contribution in [1.29, 1.82) is 0 Å². The monoisotopic (exact) mass is 493 g/mol. The molecule has 0 aliphatic heterocycles. The van der Waals surface area contributed by atoms with Gasteiger partial charge in [-0.25, -0.2) is 4.98 Å². The van der Waals surface area contributed by atoms with Gasteiger partial charge in [-0.2, -0.15) is 0 Å². The highest BCUT2D eigenvalue weighted by Gasteiger charge is 2.20. The lowest BCUT2D eigenvalue weighted by molar-refractivity contribution is 0.279. The Labute approximate surface area is 211 Å². The molecular weight excluding hydrogens is 458 g/mol. The molecule has 1 heterocycles. The van der Waals surface area contributed by atoms with Gasteiger partial charge in [0.2, 0.25) is 0 Å². The van der Waals surface area contributed by atoms with Gasteiger partial charge in [-0.15, -0.1) is 11.3 Å². The van der Waals surface area contributed by atoms with E-state index in [0.29, 0.717) is 24.7 Å². The number of benzene rings is 2. The Balaban J connectivity index is 1.15. The van der Waals surface area contributed by atoms with Crippen LogP contribution < -0.4 is 15.2 Å². The van der Waals surface area contributed by atoms with E-state index in [1.165, 1.54) is 47.6 Å². The highest BCUT2D eigenvalue weighted by Crippen LogP contribution is 2.38. The number of thiazole rings is 1. The number of unbranched alkanes of at least 4 members (excludes halogenated alkanes) is 2. The zero-order valence-electron chi connectivity index (χ0n) is 20.4. The first kappa shape index (κ1) is 25.0. The van der Waals surface area contributed by atoms with Crippen molar-refractivity contribution in [2.75, 3.05) is 13.2 Å². The molecule has 6 nitrogen and oxygen atoms in total. The van der Waals surface area contributed by atoms with E-state index >= 15 is 0 Å². The fraction of sp³-hybridized carbons (Fsp3) is 0.429. The number of oxime groups is 1. The van der Waals surface area contributed by atoms with Gasteiger partial charge < -0.3 is 20.4 Å². The van der Waals surface area contributed by atoms with E-state index in [1.54, 1.807) is 12.1 Å². The molecule has 4 rings (SSSR count). The Bertz CT molecular complexity index is 1090. The first-order chi connectivity index (χ1) is 17.1. The van der Waals surface area contributed by atoms with E-state index in [9.17, 15) is 0 Å². The van der Waals surface area contributed by atoms with Crippen molar-refractivity contribution in [2.45, 2.75) is 64.2 Å². The number of hydrogen-bond donors (Lipinski definition) is 2. The van der Waals surface area contributed by atoms with Gasteiger partial charge in [-0.05, 0) is 87.6 Å². The molecule has 0 atom stereocenters. The quantitative estimate of drug-likeness (QED) is 0.0998. The Hall–Kier alpha value is -3.06. The molecule has 0 amide bonds. The average Bonchev–Trinajstić information content (AvgIpc) is 3.30. The molecule has 1 aromatic heterocycles. The van der Waals surface area contributed by atoms with Crippen molar-refractivity contribution >= 4 is 17.2 Å². The molecule has 186 valence electrons. The molecule has 7 heteroatoms. The fourth-order valence-electron chi connectivity index (χ4n) is 4.46. The zero-order chi connectivity index (χ0) is 24.5. The molecule has 0 spiro atoms. The van der Waals surface area contributed by atoms with Gasteiger partial charge in [0.15, 0.2) is 5.84 Å². The minimum Gasteiger partial charge on any atom is -0.494 e. The van der Waals surface area contributed by atoms with Crippen molar-refractivity contribution in [2.24, 2.45) is 10.9 Å². The molecule has 35 heavy (non-hydrogen) atoms. The smallest absolute Gasteiger partial charge is 0.170 e. The normalized spacial score (nSPS) is 14.7. The zero-order valence-corrected chi connectivity index (χ0v) is 21.2. The van der Waals surface area contributed by atoms with Crippen molar-refractivity contribution in [3.63, 3.8) is 0 Å². The van der Waals surface area contributed by atoms with Crippen LogP contribution in [0.15, 0.2) is 53.7 Å². The van der Waals surface area contributed by atoms with E-state index < -0.39 is 0 Å². The van der Waals surface area contributed by atoms with Gasteiger partial charge in [0.05, 0.1) is 23.9 Å². The second-order valence-electron chi connectivity index (χ2n) is 9.08. The number of aromatic nitrogens is 1. The van der Waals surface area contributed by atoms with Crippen LogP contribution in [0.1, 0.15) is 72.7 Å². The molecule has 0 radical (unpaired) electrons. The van der Waals surface area contributed by atoms with Gasteiger partial charge in [0, 0.05) is 21.9 Å². The van der Waals surface area contributed by atoms with Gasteiger partial charge >= 0.3 is 0 Å². The SMILES string of the molecule is Cc1sc(C2CCCCC2)nc1-c1ccc(OCCCCCOc2ccc(C(N)=NO)cc2)cc1. The van der Waals surface area contributed by atoms with Crippen LogP contribution in [0.4, 0.5) is 0 Å². The third-order valence-electron chi connectivity index (χ3n) is 6.48. The van der Waals surface area contributed by atoms with Gasteiger partial charge in [0.1, 0.15) is 11.5 Å². The molecule has 1 aliphatic carbocycles. The first-order valence-electron chi connectivity index (χ1n) is 12.6. The lowest BCUT2D eigenvalue weighted by atomic mass is 9.90. The number of aryl methyl sites for hydroxylation is 1. The summed E-state index contributed by atoms with van der Waals surface area (Å²) in [7, 11) is 0. The Kier molecular flexibility index (Phi) is 9.01. The maximum absolute atomic E-state index is 8.71. The largest absolute Gasteiger partial charge is 0.494 e. The van der Waals surface area contributed by atoms with Crippen molar-refractivity contribution < 1.29 is 14.7 Å². The fourth-order valence-corrected chi connectivity index (χ4v) is 5.57. The van der Waals surface area contributed by atoms with E-state index in [4.69, 9.17) is 25.4 Å². The number of ether oxygens (including phenoxy) is 2. The van der Waals surface area contributed by atoms with Crippen LogP contribution >= 0.6 is 11.3 Å². The minimum absolute atomic E-state index is 0.0910. The van der Waals surface area contributed by atoms with Crippen molar-refractivity contribution in [3.8, 4) is 22.8 Å². The van der Waals surface area contributed by atoms with E-state index in [1.807, 2.05) is 23.5 Å². The van der Waals surface area contributed by atoms with Crippen LogP contribution in [0.25, 0.3) is 11.3 Å². The molecular formula is C28H35N3O3S. The first-order valence-corrected chi connectivity index (χ1v) is 13.4. The molecule has 3 N–H and O–H groups in total. The van der Waals surface area contributed by atoms with Gasteiger partial charge in [-0.1, -0.05) is 24.4 Å². The molecule has 0 unspecified atom stereocenters. The molecule has 1 aliphatic rings. The molecule has 3 aromatic rings. The third kappa shape index (κ3) is 6.98. The topological polar surface area (TPSA) is 90.0 Å². The summed E-state index contributed by atoms with van der Waals surface area (Å²) in [6, 6.07) is 15.5. The molecule has 2 aromatic carbocycles. The predicted octanol–water partition coefficient (Wildman–Crippen LogP) is 6.89. The summed E-state index contributed by atoms with van der Waals surface area (Å²) in [5.74, 6) is 2.42. The number of amidine groups is 1. The van der Waals surface area contributed by atoms with Crippen LogP contribution in [0.2, 0.25) is 0 Å². The van der Waals surface area contributed by atoms with Gasteiger partial charge in [0.25, 0.3) is 0 Å². The van der Waals surface area contributed by atoms with Crippen LogP contribution in [-0.4, -0.2) is 29.2 Å². The lowest BCUT2D eigenvalue weighted by Crippen LogP contribution is -2.12. The second kappa shape index (κ2) is 12.6. The molecule has 0 bridgehead atoms. The van der Waals surface area contributed by atoms with Crippen LogP contribution in [-0.2, 0) is 0 Å². The maximum Gasteiger partial charge on any atom is 0.170 e. The third-order valence-corrected chi connectivity index (χ3v) is 7.61. The Morgan fingerprint density at radius 3 is 2.14 bits per heavy atom. The van der Waals surface area contributed by atoms with Crippen molar-refractivity contribution in [3.05, 3.63) is 64.0 Å². The molecule has 1 fully saturated rings. The van der Waals surface area contributed by atoms with Crippen LogP contribution in [0.5, 0.6) is 11.5 Å². The summed E-state index contributed by atoms with van der Waals surface area (Å²) >= 11 is 1.87. The second-order valence-corrected chi connectivity index (χ2v) is 10.3. The molecule has 0 saturated heterocycles. The molecule has 1 saturated carbocycles. The summed E-state index contributed by atoms with van der Waals surface area (Å²) in [6.45, 7) is 3.52. The van der Waals surface area contributed by atoms with Crippen molar-refractivity contribution in [1.82, 2.24) is 4.98 Å².